The van der Waals surface area contributed by atoms with Crippen molar-refractivity contribution in [3.05, 3.63) is 12.4 Å². The van der Waals surface area contributed by atoms with Gasteiger partial charge in [-0.1, -0.05) is 0 Å². The molecule has 1 aromatic rings. The zero-order valence-corrected chi connectivity index (χ0v) is 5.49. The zero-order chi connectivity index (χ0) is 6.97. The molecular formula is C6H9N3O. The lowest BCUT2D eigenvalue weighted by atomic mass is 10.2. The zero-order valence-electron chi connectivity index (χ0n) is 5.49. The van der Waals surface area contributed by atoms with Crippen molar-refractivity contribution in [1.29, 1.82) is 0 Å². The van der Waals surface area contributed by atoms with Crippen molar-refractivity contribution in [3.63, 3.8) is 0 Å². The lowest BCUT2D eigenvalue weighted by molar-refractivity contribution is 0.317. The summed E-state index contributed by atoms with van der Waals surface area (Å²) >= 11 is 0. The van der Waals surface area contributed by atoms with E-state index in [-0.39, 0.29) is 5.75 Å². The molecule has 0 aromatic carbocycles. The summed E-state index contributed by atoms with van der Waals surface area (Å²) in [6, 6.07) is 0.445. The van der Waals surface area contributed by atoms with Gasteiger partial charge in [0.2, 0.25) is 0 Å². The molecule has 0 radical (unpaired) electrons. The topological polar surface area (TPSA) is 50.1 Å². The van der Waals surface area contributed by atoms with E-state index >= 15 is 0 Å². The molecule has 0 atom stereocenters. The van der Waals surface area contributed by atoms with Crippen LogP contribution in [0.5, 0.6) is 5.75 Å². The SMILES string of the molecule is Oc1cnn(C2CNC2)c1. The minimum Gasteiger partial charge on any atom is -0.505 e. The predicted molar refractivity (Wildman–Crippen MR) is 35.8 cm³/mol. The Balaban J connectivity index is 2.17. The van der Waals surface area contributed by atoms with Crippen molar-refractivity contribution < 1.29 is 5.11 Å². The normalized spacial score (nSPS) is 18.8. The summed E-state index contributed by atoms with van der Waals surface area (Å²) in [6.45, 7) is 1.92. The standard InChI is InChI=1S/C6H9N3O/c10-6-3-8-9(4-6)5-1-7-2-5/h3-5,7,10H,1-2H2. The van der Waals surface area contributed by atoms with Crippen LogP contribution in [0, 0.1) is 0 Å². The molecule has 4 heteroatoms. The van der Waals surface area contributed by atoms with Gasteiger partial charge in [-0.2, -0.15) is 5.10 Å². The highest BCUT2D eigenvalue weighted by Gasteiger charge is 2.18. The fourth-order valence-electron chi connectivity index (χ4n) is 0.988. The summed E-state index contributed by atoms with van der Waals surface area (Å²) < 4.78 is 1.78. The number of nitrogens with one attached hydrogen (secondary N) is 1. The van der Waals surface area contributed by atoms with Crippen LogP contribution in [-0.2, 0) is 0 Å². The van der Waals surface area contributed by atoms with Crippen LogP contribution < -0.4 is 5.32 Å². The number of aromatic hydroxyl groups is 1. The van der Waals surface area contributed by atoms with Gasteiger partial charge in [0.05, 0.1) is 18.4 Å². The van der Waals surface area contributed by atoms with Crippen LogP contribution in [0.3, 0.4) is 0 Å². The molecule has 2 N–H and O–H groups in total. The summed E-state index contributed by atoms with van der Waals surface area (Å²) in [7, 11) is 0. The Morgan fingerprint density at radius 3 is 2.90 bits per heavy atom. The van der Waals surface area contributed by atoms with E-state index < -0.39 is 0 Å². The van der Waals surface area contributed by atoms with Crippen LogP contribution in [0.4, 0.5) is 0 Å². The first kappa shape index (κ1) is 5.73. The largest absolute Gasteiger partial charge is 0.505 e. The van der Waals surface area contributed by atoms with Gasteiger partial charge in [0.15, 0.2) is 5.75 Å². The van der Waals surface area contributed by atoms with Gasteiger partial charge in [-0.25, -0.2) is 0 Å². The summed E-state index contributed by atoms with van der Waals surface area (Å²) in [5.74, 6) is 0.243. The Hall–Kier alpha value is -1.03. The van der Waals surface area contributed by atoms with Crippen LogP contribution >= 0.6 is 0 Å². The molecule has 0 bridgehead atoms. The molecule has 0 spiro atoms. The molecule has 10 heavy (non-hydrogen) atoms. The van der Waals surface area contributed by atoms with E-state index in [9.17, 15) is 0 Å². The quantitative estimate of drug-likeness (QED) is 0.563. The Morgan fingerprint density at radius 2 is 2.50 bits per heavy atom. The summed E-state index contributed by atoms with van der Waals surface area (Å²) in [4.78, 5) is 0. The van der Waals surface area contributed by atoms with Crippen LogP contribution in [-0.4, -0.2) is 28.0 Å². The van der Waals surface area contributed by atoms with E-state index in [0.29, 0.717) is 6.04 Å². The van der Waals surface area contributed by atoms with Crippen molar-refractivity contribution >= 4 is 0 Å². The van der Waals surface area contributed by atoms with Crippen LogP contribution in [0.15, 0.2) is 12.4 Å². The third-order valence-electron chi connectivity index (χ3n) is 1.72. The van der Waals surface area contributed by atoms with Crippen molar-refractivity contribution in [2.45, 2.75) is 6.04 Å². The molecule has 0 unspecified atom stereocenters. The Labute approximate surface area is 58.5 Å². The minimum atomic E-state index is 0.243. The third kappa shape index (κ3) is 0.769. The smallest absolute Gasteiger partial charge is 0.153 e. The molecule has 1 saturated heterocycles. The van der Waals surface area contributed by atoms with Crippen molar-refractivity contribution in [3.8, 4) is 5.75 Å². The van der Waals surface area contributed by atoms with Gasteiger partial charge in [-0.05, 0) is 0 Å². The second kappa shape index (κ2) is 1.98. The van der Waals surface area contributed by atoms with Crippen LogP contribution in [0.25, 0.3) is 0 Å². The summed E-state index contributed by atoms with van der Waals surface area (Å²) in [6.07, 6.45) is 3.10. The molecular weight excluding hydrogens is 130 g/mol. The van der Waals surface area contributed by atoms with E-state index in [4.69, 9.17) is 5.11 Å². The van der Waals surface area contributed by atoms with E-state index in [1.165, 1.54) is 6.20 Å². The number of nitrogens with zero attached hydrogens (tertiary/aromatic N) is 2. The number of rotatable bonds is 1. The van der Waals surface area contributed by atoms with Gasteiger partial charge in [-0.15, -0.1) is 0 Å². The van der Waals surface area contributed by atoms with E-state index in [2.05, 4.69) is 10.4 Å². The predicted octanol–water partition coefficient (Wildman–Crippen LogP) is -0.267. The van der Waals surface area contributed by atoms with Gasteiger partial charge >= 0.3 is 0 Å². The molecule has 54 valence electrons. The second-order valence-corrected chi connectivity index (χ2v) is 2.49. The fraction of sp³-hybridized carbons (Fsp3) is 0.500. The van der Waals surface area contributed by atoms with Gasteiger partial charge in [0, 0.05) is 13.1 Å². The van der Waals surface area contributed by atoms with E-state index in [0.717, 1.165) is 13.1 Å². The Kier molecular flexibility index (Phi) is 1.14. The van der Waals surface area contributed by atoms with Gasteiger partial charge in [0.25, 0.3) is 0 Å². The van der Waals surface area contributed by atoms with Crippen LogP contribution in [0.1, 0.15) is 6.04 Å². The van der Waals surface area contributed by atoms with E-state index in [1.54, 1.807) is 10.9 Å². The highest BCUT2D eigenvalue weighted by atomic mass is 16.3. The molecule has 0 saturated carbocycles. The summed E-state index contributed by atoms with van der Waals surface area (Å²) in [5.41, 5.74) is 0. The Morgan fingerprint density at radius 1 is 1.70 bits per heavy atom. The first-order valence-corrected chi connectivity index (χ1v) is 3.30. The van der Waals surface area contributed by atoms with Crippen LogP contribution in [0.2, 0.25) is 0 Å². The lowest BCUT2D eigenvalue weighted by Crippen LogP contribution is -2.43. The number of aromatic nitrogens is 2. The van der Waals surface area contributed by atoms with Gasteiger partial charge in [0.1, 0.15) is 0 Å². The molecule has 0 amide bonds. The van der Waals surface area contributed by atoms with E-state index in [1.807, 2.05) is 0 Å². The Bertz CT molecular complexity index is 229. The average Bonchev–Trinajstić information content (AvgIpc) is 2.10. The maximum atomic E-state index is 8.92. The number of hydrogen-bond acceptors (Lipinski definition) is 3. The molecule has 1 aromatic heterocycles. The van der Waals surface area contributed by atoms with Crippen molar-refractivity contribution in [2.24, 2.45) is 0 Å². The van der Waals surface area contributed by atoms with Gasteiger partial charge in [-0.3, -0.25) is 4.68 Å². The minimum absolute atomic E-state index is 0.243. The monoisotopic (exact) mass is 139 g/mol. The fourth-order valence-corrected chi connectivity index (χ4v) is 0.988. The molecule has 0 aliphatic carbocycles. The third-order valence-corrected chi connectivity index (χ3v) is 1.72. The average molecular weight is 139 g/mol. The highest BCUT2D eigenvalue weighted by molar-refractivity contribution is 5.09. The molecule has 1 aliphatic heterocycles. The molecule has 2 heterocycles. The first-order valence-electron chi connectivity index (χ1n) is 3.30. The van der Waals surface area contributed by atoms with Crippen molar-refractivity contribution in [2.75, 3.05) is 13.1 Å². The maximum absolute atomic E-state index is 8.92. The molecule has 2 rings (SSSR count). The summed E-state index contributed by atoms with van der Waals surface area (Å²) in [5, 5.41) is 16.0. The molecule has 4 nitrogen and oxygen atoms in total. The molecule has 1 fully saturated rings. The maximum Gasteiger partial charge on any atom is 0.153 e. The number of hydrogen-bond donors (Lipinski definition) is 2. The molecule has 1 aliphatic rings. The van der Waals surface area contributed by atoms with Crippen molar-refractivity contribution in [1.82, 2.24) is 15.1 Å². The second-order valence-electron chi connectivity index (χ2n) is 2.49. The highest BCUT2D eigenvalue weighted by Crippen LogP contribution is 2.13. The van der Waals surface area contributed by atoms with Gasteiger partial charge < -0.3 is 10.4 Å². The first-order chi connectivity index (χ1) is 4.86. The lowest BCUT2D eigenvalue weighted by Gasteiger charge is -2.26.